The molecule has 0 aliphatic heterocycles. The Bertz CT molecular complexity index is 1030. The first-order chi connectivity index (χ1) is 13.8. The molecule has 28 heavy (non-hydrogen) atoms. The van der Waals surface area contributed by atoms with Crippen molar-refractivity contribution in [1.29, 1.82) is 0 Å². The molecule has 3 aromatic carbocycles. The molecule has 0 saturated heterocycles. The van der Waals surface area contributed by atoms with Gasteiger partial charge in [-0.15, -0.1) is 0 Å². The van der Waals surface area contributed by atoms with E-state index in [0.29, 0.717) is 11.4 Å². The summed E-state index contributed by atoms with van der Waals surface area (Å²) in [6.07, 6.45) is 7.96. The molecule has 0 saturated carbocycles. The Balaban J connectivity index is 1.69. The lowest BCUT2D eigenvalue weighted by Gasteiger charge is -1.99. The van der Waals surface area contributed by atoms with Crippen molar-refractivity contribution >= 4 is 35.7 Å². The van der Waals surface area contributed by atoms with Crippen LogP contribution in [0, 0.1) is 0 Å². The highest BCUT2D eigenvalue weighted by Crippen LogP contribution is 2.18. The van der Waals surface area contributed by atoms with Crippen LogP contribution in [0.1, 0.15) is 22.3 Å². The minimum atomic E-state index is 0.592. The Labute approximate surface area is 162 Å². The smallest absolute Gasteiger partial charge is 0.0381 e. The number of hydrogen-bond acceptors (Lipinski definition) is 2. The van der Waals surface area contributed by atoms with Crippen molar-refractivity contribution in [3.05, 3.63) is 116 Å². The van der Waals surface area contributed by atoms with Crippen molar-refractivity contribution < 1.29 is 0 Å². The SMILES string of the molecule is [N-]=[N+]=Nc1cccc(C=Cc2ccc(C=Cc3cccc(N=[N+]=[N-])c3)cc2)c1. The van der Waals surface area contributed by atoms with Crippen molar-refractivity contribution in [2.75, 3.05) is 0 Å². The van der Waals surface area contributed by atoms with Crippen molar-refractivity contribution in [3.63, 3.8) is 0 Å². The number of benzene rings is 3. The molecule has 0 fully saturated rings. The van der Waals surface area contributed by atoms with E-state index < -0.39 is 0 Å². The molecule has 0 atom stereocenters. The van der Waals surface area contributed by atoms with Gasteiger partial charge in [-0.2, -0.15) is 0 Å². The number of hydrogen-bond donors (Lipinski definition) is 0. The van der Waals surface area contributed by atoms with Crippen LogP contribution in [-0.4, -0.2) is 0 Å². The fourth-order valence-corrected chi connectivity index (χ4v) is 2.59. The van der Waals surface area contributed by atoms with E-state index >= 15 is 0 Å². The molecule has 0 radical (unpaired) electrons. The van der Waals surface area contributed by atoms with Crippen molar-refractivity contribution in [2.45, 2.75) is 0 Å². The van der Waals surface area contributed by atoms with Crippen LogP contribution in [0.5, 0.6) is 0 Å². The zero-order chi connectivity index (χ0) is 19.6. The van der Waals surface area contributed by atoms with Crippen LogP contribution in [0.3, 0.4) is 0 Å². The van der Waals surface area contributed by atoms with Gasteiger partial charge in [0.15, 0.2) is 0 Å². The highest BCUT2D eigenvalue weighted by molar-refractivity contribution is 5.74. The quantitative estimate of drug-likeness (QED) is 0.184. The zero-order valence-electron chi connectivity index (χ0n) is 14.9. The fraction of sp³-hybridized carbons (Fsp3) is 0. The maximum absolute atomic E-state index is 8.51. The Morgan fingerprint density at radius 2 is 0.929 bits per heavy atom. The minimum Gasteiger partial charge on any atom is -0.0612 e. The molecule has 3 aromatic rings. The lowest BCUT2D eigenvalue weighted by molar-refractivity contribution is 1.47. The van der Waals surface area contributed by atoms with E-state index in [9.17, 15) is 0 Å². The van der Waals surface area contributed by atoms with E-state index in [1.54, 1.807) is 12.1 Å². The molecule has 0 spiro atoms. The first-order valence-corrected chi connectivity index (χ1v) is 8.53. The molecular weight excluding hydrogens is 348 g/mol. The molecule has 0 heterocycles. The van der Waals surface area contributed by atoms with Gasteiger partial charge in [0.2, 0.25) is 0 Å². The Morgan fingerprint density at radius 1 is 0.536 bits per heavy atom. The number of nitrogens with zero attached hydrogens (tertiary/aromatic N) is 6. The number of rotatable bonds is 6. The van der Waals surface area contributed by atoms with Crippen molar-refractivity contribution in [1.82, 2.24) is 0 Å². The third-order valence-corrected chi connectivity index (χ3v) is 3.93. The molecule has 3 rings (SSSR count). The van der Waals surface area contributed by atoms with E-state index in [2.05, 4.69) is 20.1 Å². The van der Waals surface area contributed by atoms with Gasteiger partial charge < -0.3 is 0 Å². The second-order valence-electron chi connectivity index (χ2n) is 5.90. The fourth-order valence-electron chi connectivity index (χ4n) is 2.59. The molecule has 0 unspecified atom stereocenters. The van der Waals surface area contributed by atoms with Gasteiger partial charge in [-0.3, -0.25) is 0 Å². The zero-order valence-corrected chi connectivity index (χ0v) is 14.9. The van der Waals surface area contributed by atoms with Gasteiger partial charge in [0.1, 0.15) is 0 Å². The predicted molar refractivity (Wildman–Crippen MR) is 115 cm³/mol. The maximum atomic E-state index is 8.51. The van der Waals surface area contributed by atoms with Gasteiger partial charge >= 0.3 is 0 Å². The molecule has 134 valence electrons. The van der Waals surface area contributed by atoms with Crippen LogP contribution in [0.15, 0.2) is 83.0 Å². The van der Waals surface area contributed by atoms with Gasteiger partial charge in [0.05, 0.1) is 0 Å². The largest absolute Gasteiger partial charge is 0.0612 e. The molecule has 0 amide bonds. The summed E-state index contributed by atoms with van der Waals surface area (Å²) in [5.41, 5.74) is 22.3. The normalized spacial score (nSPS) is 10.6. The summed E-state index contributed by atoms with van der Waals surface area (Å²) >= 11 is 0. The van der Waals surface area contributed by atoms with Crippen LogP contribution >= 0.6 is 0 Å². The average molecular weight is 364 g/mol. The van der Waals surface area contributed by atoms with Crippen molar-refractivity contribution in [3.8, 4) is 0 Å². The highest BCUT2D eigenvalue weighted by Gasteiger charge is 1.93. The maximum Gasteiger partial charge on any atom is 0.0381 e. The van der Waals surface area contributed by atoms with Gasteiger partial charge in [0.25, 0.3) is 0 Å². The second-order valence-corrected chi connectivity index (χ2v) is 5.90. The summed E-state index contributed by atoms with van der Waals surface area (Å²) < 4.78 is 0. The van der Waals surface area contributed by atoms with Crippen molar-refractivity contribution in [2.24, 2.45) is 10.2 Å². The molecule has 0 aliphatic rings. The summed E-state index contributed by atoms with van der Waals surface area (Å²) in [4.78, 5) is 5.60. The summed E-state index contributed by atoms with van der Waals surface area (Å²) in [6, 6.07) is 22.9. The second kappa shape index (κ2) is 9.46. The van der Waals surface area contributed by atoms with E-state index in [4.69, 9.17) is 11.1 Å². The van der Waals surface area contributed by atoms with E-state index in [1.165, 1.54) is 0 Å². The Kier molecular flexibility index (Phi) is 6.26. The first kappa shape index (κ1) is 18.5. The summed E-state index contributed by atoms with van der Waals surface area (Å²) in [7, 11) is 0. The predicted octanol–water partition coefficient (Wildman–Crippen LogP) is 7.91. The molecule has 0 bridgehead atoms. The van der Waals surface area contributed by atoms with E-state index in [0.717, 1.165) is 22.3 Å². The Hall–Kier alpha value is -4.24. The van der Waals surface area contributed by atoms with Gasteiger partial charge in [-0.25, -0.2) is 0 Å². The van der Waals surface area contributed by atoms with E-state index in [1.807, 2.05) is 85.0 Å². The topological polar surface area (TPSA) is 97.5 Å². The lowest BCUT2D eigenvalue weighted by atomic mass is 10.1. The molecule has 0 aromatic heterocycles. The summed E-state index contributed by atoms with van der Waals surface area (Å²) in [5, 5.41) is 7.22. The number of azide groups is 2. The van der Waals surface area contributed by atoms with Crippen LogP contribution in [-0.2, 0) is 0 Å². The third-order valence-electron chi connectivity index (χ3n) is 3.93. The van der Waals surface area contributed by atoms with Gasteiger partial charge in [0, 0.05) is 21.2 Å². The molecule has 0 aliphatic carbocycles. The highest BCUT2D eigenvalue weighted by atomic mass is 15.1. The van der Waals surface area contributed by atoms with E-state index in [-0.39, 0.29) is 0 Å². The monoisotopic (exact) mass is 364 g/mol. The lowest BCUT2D eigenvalue weighted by Crippen LogP contribution is -1.76. The summed E-state index contributed by atoms with van der Waals surface area (Å²) in [5.74, 6) is 0. The molecular formula is C22H16N6. The van der Waals surface area contributed by atoms with Crippen LogP contribution < -0.4 is 0 Å². The minimum absolute atomic E-state index is 0.592. The first-order valence-electron chi connectivity index (χ1n) is 8.53. The molecule has 0 N–H and O–H groups in total. The average Bonchev–Trinajstić information content (AvgIpc) is 2.73. The van der Waals surface area contributed by atoms with Gasteiger partial charge in [-0.05, 0) is 45.4 Å². The van der Waals surface area contributed by atoms with Crippen LogP contribution in [0.25, 0.3) is 45.2 Å². The summed E-state index contributed by atoms with van der Waals surface area (Å²) in [6.45, 7) is 0. The standard InChI is InChI=1S/C22H16N6/c23-27-25-21-5-1-3-19(15-21)13-11-17-7-9-18(10-8-17)12-14-20-4-2-6-22(16-20)26-28-24/h1-16H. The molecule has 6 nitrogen and oxygen atoms in total. The molecule has 6 heteroatoms. The Morgan fingerprint density at radius 3 is 1.32 bits per heavy atom. The van der Waals surface area contributed by atoms with Crippen LogP contribution in [0.4, 0.5) is 11.4 Å². The van der Waals surface area contributed by atoms with Gasteiger partial charge in [-0.1, -0.05) is 95.2 Å². The third kappa shape index (κ3) is 5.38. The van der Waals surface area contributed by atoms with Crippen LogP contribution in [0.2, 0.25) is 0 Å².